The predicted octanol–water partition coefficient (Wildman–Crippen LogP) is 3.09. The van der Waals surface area contributed by atoms with Crippen molar-refractivity contribution in [1.82, 2.24) is 10.5 Å². The summed E-state index contributed by atoms with van der Waals surface area (Å²) in [5.41, 5.74) is 7.65. The maximum atomic E-state index is 12.0. The molecule has 0 saturated carbocycles. The summed E-state index contributed by atoms with van der Waals surface area (Å²) in [5, 5.41) is 6.87. The van der Waals surface area contributed by atoms with Crippen molar-refractivity contribution in [2.45, 2.75) is 39.2 Å². The fraction of sp³-hybridized carbons (Fsp3) is 0.375. The van der Waals surface area contributed by atoms with Gasteiger partial charge >= 0.3 is 0 Å². The van der Waals surface area contributed by atoms with Crippen LogP contribution in [0.1, 0.15) is 54.4 Å². The minimum absolute atomic E-state index is 0.214. The zero-order chi connectivity index (χ0) is 15.2. The number of nitrogens with two attached hydrogens (primary N) is 1. The summed E-state index contributed by atoms with van der Waals surface area (Å²) in [6.45, 7) is 4.56. The largest absolute Gasteiger partial charge is 0.398 e. The Bertz CT molecular complexity index is 603. The van der Waals surface area contributed by atoms with Gasteiger partial charge in [-0.15, -0.1) is 0 Å². The van der Waals surface area contributed by atoms with Crippen LogP contribution in [-0.4, -0.2) is 11.1 Å². The highest BCUT2D eigenvalue weighted by molar-refractivity contribution is 5.98. The molecule has 0 saturated heterocycles. The topological polar surface area (TPSA) is 81.2 Å². The van der Waals surface area contributed by atoms with Crippen LogP contribution < -0.4 is 11.1 Å². The first-order valence-electron chi connectivity index (χ1n) is 7.23. The van der Waals surface area contributed by atoms with Gasteiger partial charge in [-0.1, -0.05) is 31.1 Å². The Morgan fingerprint density at radius 2 is 2.05 bits per heavy atom. The molecule has 3 N–H and O–H groups in total. The molecule has 0 fully saturated rings. The van der Waals surface area contributed by atoms with E-state index in [0.29, 0.717) is 29.5 Å². The number of hydrogen-bond donors (Lipinski definition) is 2. The number of amides is 1. The molecule has 0 bridgehead atoms. The van der Waals surface area contributed by atoms with E-state index in [2.05, 4.69) is 24.3 Å². The lowest BCUT2D eigenvalue weighted by molar-refractivity contribution is 0.0948. The van der Waals surface area contributed by atoms with Crippen LogP contribution in [0.15, 0.2) is 34.9 Å². The van der Waals surface area contributed by atoms with E-state index in [1.165, 1.54) is 0 Å². The number of carbonyl (C=O) groups is 1. The first-order chi connectivity index (χ1) is 10.2. The van der Waals surface area contributed by atoms with E-state index in [4.69, 9.17) is 10.3 Å². The number of benzene rings is 1. The third kappa shape index (κ3) is 3.62. The van der Waals surface area contributed by atoms with E-state index < -0.39 is 0 Å². The van der Waals surface area contributed by atoms with E-state index in [-0.39, 0.29) is 5.91 Å². The Labute approximate surface area is 124 Å². The molecule has 0 atom stereocenters. The number of nitrogen functional groups attached to an aromatic ring is 1. The zero-order valence-corrected chi connectivity index (χ0v) is 12.4. The van der Waals surface area contributed by atoms with Gasteiger partial charge in [-0.05, 0) is 25.0 Å². The molecule has 0 unspecified atom stereocenters. The van der Waals surface area contributed by atoms with E-state index in [0.717, 1.165) is 18.5 Å². The third-order valence-electron chi connectivity index (χ3n) is 3.61. The fourth-order valence-corrected chi connectivity index (χ4v) is 2.28. The van der Waals surface area contributed by atoms with Crippen LogP contribution in [0.3, 0.4) is 0 Å². The minimum Gasteiger partial charge on any atom is -0.398 e. The van der Waals surface area contributed by atoms with Gasteiger partial charge in [0.05, 0.1) is 17.8 Å². The SMILES string of the molecule is CCC(CC)c1cc(CNC(=O)c2ccccc2N)on1. The van der Waals surface area contributed by atoms with Crippen molar-refractivity contribution in [3.05, 3.63) is 47.3 Å². The standard InChI is InChI=1S/C16H21N3O2/c1-3-11(4-2)15-9-12(21-19-15)10-18-16(20)13-7-5-6-8-14(13)17/h5-9,11H,3-4,10,17H2,1-2H3,(H,18,20). The Morgan fingerprint density at radius 3 is 2.71 bits per heavy atom. The van der Waals surface area contributed by atoms with Crippen molar-refractivity contribution >= 4 is 11.6 Å². The van der Waals surface area contributed by atoms with E-state index >= 15 is 0 Å². The molecule has 2 aromatic rings. The first kappa shape index (κ1) is 15.1. The second-order valence-corrected chi connectivity index (χ2v) is 5.00. The summed E-state index contributed by atoms with van der Waals surface area (Å²) < 4.78 is 5.27. The van der Waals surface area contributed by atoms with Crippen LogP contribution in [0.2, 0.25) is 0 Å². The number of para-hydroxylation sites is 1. The van der Waals surface area contributed by atoms with Gasteiger partial charge in [-0.3, -0.25) is 4.79 Å². The molecule has 0 aliphatic carbocycles. The van der Waals surface area contributed by atoms with Gasteiger partial charge in [-0.25, -0.2) is 0 Å². The van der Waals surface area contributed by atoms with Gasteiger partial charge in [0.2, 0.25) is 0 Å². The van der Waals surface area contributed by atoms with Crippen LogP contribution in [0.25, 0.3) is 0 Å². The highest BCUT2D eigenvalue weighted by atomic mass is 16.5. The second-order valence-electron chi connectivity index (χ2n) is 5.00. The van der Waals surface area contributed by atoms with Crippen LogP contribution in [0, 0.1) is 0 Å². The lowest BCUT2D eigenvalue weighted by Crippen LogP contribution is -2.23. The Morgan fingerprint density at radius 1 is 1.33 bits per heavy atom. The minimum atomic E-state index is -0.214. The van der Waals surface area contributed by atoms with E-state index in [1.807, 2.05) is 6.07 Å². The molecule has 1 amide bonds. The number of nitrogens with one attached hydrogen (secondary N) is 1. The summed E-state index contributed by atoms with van der Waals surface area (Å²) in [6, 6.07) is 8.89. The molecule has 0 aliphatic rings. The molecule has 0 spiro atoms. The lowest BCUT2D eigenvalue weighted by atomic mass is 9.99. The van der Waals surface area contributed by atoms with Gasteiger partial charge in [0.25, 0.3) is 5.91 Å². The fourth-order valence-electron chi connectivity index (χ4n) is 2.28. The molecule has 1 heterocycles. The smallest absolute Gasteiger partial charge is 0.253 e. The summed E-state index contributed by atoms with van der Waals surface area (Å²) in [7, 11) is 0. The van der Waals surface area contributed by atoms with E-state index in [9.17, 15) is 4.79 Å². The lowest BCUT2D eigenvalue weighted by Gasteiger charge is -2.06. The molecule has 5 nitrogen and oxygen atoms in total. The molecule has 1 aromatic heterocycles. The summed E-state index contributed by atoms with van der Waals surface area (Å²) >= 11 is 0. The normalized spacial score (nSPS) is 10.8. The van der Waals surface area contributed by atoms with Crippen LogP contribution >= 0.6 is 0 Å². The molecule has 21 heavy (non-hydrogen) atoms. The van der Waals surface area contributed by atoms with Crippen molar-refractivity contribution in [1.29, 1.82) is 0 Å². The molecular weight excluding hydrogens is 266 g/mol. The maximum absolute atomic E-state index is 12.0. The summed E-state index contributed by atoms with van der Waals surface area (Å²) in [6.07, 6.45) is 2.05. The number of hydrogen-bond acceptors (Lipinski definition) is 4. The Kier molecular flexibility index (Phi) is 4.98. The molecule has 112 valence electrons. The molecule has 0 aliphatic heterocycles. The molecule has 5 heteroatoms. The molecule has 0 radical (unpaired) electrons. The summed E-state index contributed by atoms with van der Waals surface area (Å²) in [5.74, 6) is 0.844. The molecule has 2 rings (SSSR count). The van der Waals surface area contributed by atoms with Gasteiger partial charge in [0.15, 0.2) is 5.76 Å². The number of nitrogens with zero attached hydrogens (tertiary/aromatic N) is 1. The van der Waals surface area contributed by atoms with Crippen LogP contribution in [-0.2, 0) is 6.54 Å². The van der Waals surface area contributed by atoms with Crippen molar-refractivity contribution in [2.75, 3.05) is 5.73 Å². The third-order valence-corrected chi connectivity index (χ3v) is 3.61. The van der Waals surface area contributed by atoms with Crippen LogP contribution in [0.5, 0.6) is 0 Å². The number of carbonyl (C=O) groups excluding carboxylic acids is 1. The monoisotopic (exact) mass is 287 g/mol. The van der Waals surface area contributed by atoms with Crippen molar-refractivity contribution in [2.24, 2.45) is 0 Å². The van der Waals surface area contributed by atoms with Gasteiger partial charge in [-0.2, -0.15) is 0 Å². The molecular formula is C16H21N3O2. The van der Waals surface area contributed by atoms with Crippen molar-refractivity contribution < 1.29 is 9.32 Å². The summed E-state index contributed by atoms with van der Waals surface area (Å²) in [4.78, 5) is 12.0. The van der Waals surface area contributed by atoms with Gasteiger partial charge in [0.1, 0.15) is 0 Å². The number of anilines is 1. The highest BCUT2D eigenvalue weighted by Gasteiger charge is 2.14. The van der Waals surface area contributed by atoms with Gasteiger partial charge in [0, 0.05) is 17.7 Å². The quantitative estimate of drug-likeness (QED) is 0.800. The maximum Gasteiger partial charge on any atom is 0.253 e. The average Bonchev–Trinajstić information content (AvgIpc) is 2.95. The van der Waals surface area contributed by atoms with Crippen molar-refractivity contribution in [3.8, 4) is 0 Å². The Hall–Kier alpha value is -2.30. The van der Waals surface area contributed by atoms with Gasteiger partial charge < -0.3 is 15.6 Å². The molecule has 1 aromatic carbocycles. The first-order valence-corrected chi connectivity index (χ1v) is 7.23. The zero-order valence-electron chi connectivity index (χ0n) is 12.4. The second kappa shape index (κ2) is 6.92. The average molecular weight is 287 g/mol. The highest BCUT2D eigenvalue weighted by Crippen LogP contribution is 2.22. The number of rotatable bonds is 6. The Balaban J connectivity index is 1.97. The van der Waals surface area contributed by atoms with Crippen LogP contribution in [0.4, 0.5) is 5.69 Å². The predicted molar refractivity (Wildman–Crippen MR) is 81.9 cm³/mol. The van der Waals surface area contributed by atoms with E-state index in [1.54, 1.807) is 24.3 Å². The number of aromatic nitrogens is 1. The van der Waals surface area contributed by atoms with Crippen molar-refractivity contribution in [3.63, 3.8) is 0 Å².